The lowest BCUT2D eigenvalue weighted by Crippen LogP contribution is -2.47. The van der Waals surface area contributed by atoms with Crippen LogP contribution >= 0.6 is 7.82 Å². The van der Waals surface area contributed by atoms with Crippen LogP contribution < -0.4 is 10.2 Å². The van der Waals surface area contributed by atoms with Gasteiger partial charge in [-0.05, 0) is 102 Å². The summed E-state index contributed by atoms with van der Waals surface area (Å²) in [6.07, 6.45) is 71.7. The smallest absolute Gasteiger partial charge is 0.306 e. The summed E-state index contributed by atoms with van der Waals surface area (Å²) in [4.78, 5) is 39.9. The maximum atomic E-state index is 13.5. The normalized spacial score (nSPS) is 14.7. The van der Waals surface area contributed by atoms with Gasteiger partial charge < -0.3 is 28.5 Å². The van der Waals surface area contributed by atoms with E-state index in [1.54, 1.807) is 6.08 Å². The van der Waals surface area contributed by atoms with E-state index in [4.69, 9.17) is 13.8 Å². The van der Waals surface area contributed by atoms with Crippen molar-refractivity contribution >= 4 is 19.7 Å². The molecule has 3 atom stereocenters. The van der Waals surface area contributed by atoms with Crippen molar-refractivity contribution in [2.24, 2.45) is 0 Å². The van der Waals surface area contributed by atoms with Gasteiger partial charge in [0.15, 0.2) is 0 Å². The third-order valence-electron chi connectivity index (χ3n) is 11.9. The van der Waals surface area contributed by atoms with E-state index in [9.17, 15) is 19.0 Å². The van der Waals surface area contributed by atoms with Gasteiger partial charge in [-0.2, -0.15) is 0 Å². The van der Waals surface area contributed by atoms with Gasteiger partial charge in [0, 0.05) is 12.8 Å². The summed E-state index contributed by atoms with van der Waals surface area (Å²) in [5, 5.41) is 2.99. The summed E-state index contributed by atoms with van der Waals surface area (Å²) in [5.74, 6) is -0.627. The first kappa shape index (κ1) is 69.4. The van der Waals surface area contributed by atoms with Gasteiger partial charge in [-0.25, -0.2) is 0 Å². The number of carbonyl (C=O) groups is 2. The fourth-order valence-electron chi connectivity index (χ4n) is 7.52. The molecule has 0 spiro atoms. The largest absolute Gasteiger partial charge is 0.756 e. The molecule has 0 rings (SSSR count). The van der Waals surface area contributed by atoms with E-state index in [0.29, 0.717) is 23.9 Å². The Balaban J connectivity index is 5.45. The van der Waals surface area contributed by atoms with Crippen molar-refractivity contribution in [3.05, 3.63) is 122 Å². The number of nitrogens with one attached hydrogen (secondary N) is 1. The summed E-state index contributed by atoms with van der Waals surface area (Å²) in [6, 6.07) is -0.928. The minimum atomic E-state index is -4.72. The Kier molecular flexibility index (Phi) is 49.3. The third kappa shape index (κ3) is 53.1. The van der Waals surface area contributed by atoms with Crippen LogP contribution in [0.5, 0.6) is 0 Å². The van der Waals surface area contributed by atoms with Crippen molar-refractivity contribution in [2.75, 3.05) is 40.9 Å². The highest BCUT2D eigenvalue weighted by molar-refractivity contribution is 7.45. The van der Waals surface area contributed by atoms with Crippen LogP contribution in [-0.4, -0.2) is 69.4 Å². The van der Waals surface area contributed by atoms with Crippen LogP contribution in [-0.2, 0) is 27.9 Å². The van der Waals surface area contributed by atoms with Gasteiger partial charge in [0.25, 0.3) is 7.82 Å². The van der Waals surface area contributed by atoms with E-state index in [0.717, 1.165) is 109 Å². The number of nitrogens with zero attached hydrogens (tertiary/aromatic N) is 1. The number of hydrogen-bond donors (Lipinski definition) is 1. The van der Waals surface area contributed by atoms with Gasteiger partial charge >= 0.3 is 5.97 Å². The van der Waals surface area contributed by atoms with Gasteiger partial charge in [-0.3, -0.25) is 14.2 Å². The molecular formula is C63H107N2O7P. The number of likely N-dealkylation sites (N-methyl/N-ethyl adjacent to an activating group) is 1. The Morgan fingerprint density at radius 2 is 0.945 bits per heavy atom. The number of unbranched alkanes of at least 4 members (excludes halogenated alkanes) is 18. The standard InChI is InChI=1S/C63H107N2O7P/c1-7-10-13-16-19-22-25-28-29-30-31-32-33-34-35-38-40-43-46-49-52-55-62(66)64-60(59-71-73(68,69)70-58-57-65(4,5)6)61(54-51-48-45-42-39-36-26-23-20-17-14-11-8-2)72-63(67)56-53-50-47-44-41-37-27-24-21-18-15-12-9-3/h10,12-13,15,18-19,21-22,24,27-29,31-32,34-35,40,43,51,54,60-61H,7-9,11,14,16-17,20,23,25-26,30,33,36-39,41-42,44-50,52-53,55-59H2,1-6H3,(H-,64,66,68,69)/b13-10-,15-12+,21-18+,22-19-,27-24-,29-28-,32-31-,35-34-,43-40-,54-51-. The van der Waals surface area contributed by atoms with Crippen LogP contribution in [0.25, 0.3) is 0 Å². The summed E-state index contributed by atoms with van der Waals surface area (Å²) < 4.78 is 30.2. The Morgan fingerprint density at radius 3 is 1.48 bits per heavy atom. The highest BCUT2D eigenvalue weighted by atomic mass is 31.2. The number of allylic oxidation sites excluding steroid dienone is 19. The van der Waals surface area contributed by atoms with E-state index in [2.05, 4.69) is 129 Å². The number of rotatable bonds is 50. The molecule has 0 aromatic heterocycles. The van der Waals surface area contributed by atoms with Crippen molar-refractivity contribution in [2.45, 2.75) is 226 Å². The average molecular weight is 1040 g/mol. The summed E-state index contributed by atoms with van der Waals surface area (Å²) in [5.41, 5.74) is 0. The SMILES string of the molecule is CC/C=C\C/C=C\C/C=C\C/C=C\C/C=C\C/C=C\CCCCC(=O)NC(COP(=O)([O-])OCC[N+](C)(C)C)C(/C=C\CCCCCCCCCCCCC)OC(=O)CCCCCCC\C=C/C=C/C=C/CC. The third-order valence-corrected chi connectivity index (χ3v) is 12.9. The number of phosphoric acid groups is 1. The molecule has 416 valence electrons. The average Bonchev–Trinajstić information content (AvgIpc) is 3.35. The Morgan fingerprint density at radius 1 is 0.507 bits per heavy atom. The molecule has 0 bridgehead atoms. The number of ether oxygens (including phenoxy) is 1. The molecule has 9 nitrogen and oxygen atoms in total. The summed E-state index contributed by atoms with van der Waals surface area (Å²) in [7, 11) is 1.12. The molecule has 0 radical (unpaired) electrons. The minimum absolute atomic E-state index is 0.0413. The fraction of sp³-hybridized carbons (Fsp3) is 0.651. The lowest BCUT2D eigenvalue weighted by atomic mass is 10.0. The highest BCUT2D eigenvalue weighted by Gasteiger charge is 2.27. The van der Waals surface area contributed by atoms with Gasteiger partial charge in [-0.1, -0.05) is 220 Å². The van der Waals surface area contributed by atoms with Gasteiger partial charge in [0.05, 0.1) is 33.8 Å². The van der Waals surface area contributed by atoms with Crippen molar-refractivity contribution in [1.82, 2.24) is 5.32 Å². The van der Waals surface area contributed by atoms with Crippen molar-refractivity contribution in [3.63, 3.8) is 0 Å². The van der Waals surface area contributed by atoms with E-state index < -0.39 is 26.6 Å². The number of hydrogen-bond acceptors (Lipinski definition) is 7. The zero-order valence-corrected chi connectivity index (χ0v) is 48.2. The predicted molar refractivity (Wildman–Crippen MR) is 311 cm³/mol. The zero-order chi connectivity index (χ0) is 53.6. The number of esters is 1. The second kappa shape index (κ2) is 51.9. The summed E-state index contributed by atoms with van der Waals surface area (Å²) in [6.45, 7) is 6.52. The lowest BCUT2D eigenvalue weighted by molar-refractivity contribution is -0.870. The second-order valence-corrected chi connectivity index (χ2v) is 21.5. The maximum absolute atomic E-state index is 13.5. The van der Waals surface area contributed by atoms with Crippen LogP contribution in [0.4, 0.5) is 0 Å². The number of quaternary nitrogens is 1. The first-order chi connectivity index (χ1) is 35.4. The number of amides is 1. The highest BCUT2D eigenvalue weighted by Crippen LogP contribution is 2.38. The first-order valence-corrected chi connectivity index (χ1v) is 30.3. The molecule has 10 heteroatoms. The topological polar surface area (TPSA) is 114 Å². The van der Waals surface area contributed by atoms with Crippen molar-refractivity contribution in [3.8, 4) is 0 Å². The predicted octanol–water partition coefficient (Wildman–Crippen LogP) is 16.9. The molecule has 0 aliphatic heterocycles. The molecule has 0 aliphatic carbocycles. The Bertz CT molecular complexity index is 1660. The van der Waals surface area contributed by atoms with Gasteiger partial charge in [0.1, 0.15) is 19.3 Å². The van der Waals surface area contributed by atoms with Crippen molar-refractivity contribution in [1.29, 1.82) is 0 Å². The fourth-order valence-corrected chi connectivity index (χ4v) is 8.25. The molecule has 1 amide bonds. The zero-order valence-electron chi connectivity index (χ0n) is 47.3. The molecular weight excluding hydrogens is 928 g/mol. The van der Waals surface area contributed by atoms with E-state index in [-0.39, 0.29) is 31.3 Å². The molecule has 3 unspecified atom stereocenters. The molecule has 0 aromatic rings. The molecule has 0 heterocycles. The van der Waals surface area contributed by atoms with E-state index in [1.165, 1.54) is 57.8 Å². The lowest BCUT2D eigenvalue weighted by Gasteiger charge is -2.30. The molecule has 0 aliphatic rings. The molecule has 0 saturated heterocycles. The number of phosphoric ester groups is 1. The monoisotopic (exact) mass is 1030 g/mol. The van der Waals surface area contributed by atoms with Crippen LogP contribution in [0, 0.1) is 0 Å². The van der Waals surface area contributed by atoms with Crippen LogP contribution in [0.15, 0.2) is 122 Å². The molecule has 1 N–H and O–H groups in total. The molecule has 0 fully saturated rings. The summed E-state index contributed by atoms with van der Waals surface area (Å²) >= 11 is 0. The Hall–Kier alpha value is -3.59. The maximum Gasteiger partial charge on any atom is 0.306 e. The molecule has 73 heavy (non-hydrogen) atoms. The van der Waals surface area contributed by atoms with E-state index in [1.807, 2.05) is 33.3 Å². The molecule has 0 saturated carbocycles. The second-order valence-electron chi connectivity index (χ2n) is 20.1. The van der Waals surface area contributed by atoms with Crippen LogP contribution in [0.3, 0.4) is 0 Å². The van der Waals surface area contributed by atoms with E-state index >= 15 is 0 Å². The minimum Gasteiger partial charge on any atom is -0.756 e. The van der Waals surface area contributed by atoms with Gasteiger partial charge in [0.2, 0.25) is 5.91 Å². The van der Waals surface area contributed by atoms with Crippen molar-refractivity contribution < 1.29 is 37.3 Å². The Labute approximate surface area is 448 Å². The van der Waals surface area contributed by atoms with Crippen LogP contribution in [0.2, 0.25) is 0 Å². The number of carbonyl (C=O) groups excluding carboxylic acids is 2. The first-order valence-electron chi connectivity index (χ1n) is 28.9. The van der Waals surface area contributed by atoms with Gasteiger partial charge in [-0.15, -0.1) is 0 Å². The quantitative estimate of drug-likeness (QED) is 0.0161. The molecule has 0 aromatic carbocycles. The van der Waals surface area contributed by atoms with Crippen LogP contribution in [0.1, 0.15) is 213 Å².